The predicted molar refractivity (Wildman–Crippen MR) is 43.1 cm³/mol. The van der Waals surface area contributed by atoms with Crippen molar-refractivity contribution in [3.05, 3.63) is 23.8 Å². The molecule has 0 amide bonds. The smallest absolute Gasteiger partial charge is 0.165 e. The molecule has 0 fully saturated rings. The summed E-state index contributed by atoms with van der Waals surface area (Å²) >= 11 is 0. The first-order chi connectivity index (χ1) is 5.24. The van der Waals surface area contributed by atoms with Gasteiger partial charge in [0.25, 0.3) is 0 Å². The number of carbonyl (C=O) groups is 1. The molecule has 2 heteroatoms. The number of hydrogen-bond acceptors (Lipinski definition) is 2. The van der Waals surface area contributed by atoms with Crippen LogP contribution in [0.5, 0.6) is 0 Å². The van der Waals surface area contributed by atoms with Gasteiger partial charge in [-0.05, 0) is 12.5 Å². The molecule has 2 nitrogen and oxygen atoms in total. The number of aliphatic hydroxyl groups is 1. The second-order valence-electron chi connectivity index (χ2n) is 2.63. The zero-order valence-electron chi connectivity index (χ0n) is 6.58. The molecule has 0 heterocycles. The second kappa shape index (κ2) is 3.49. The molecule has 0 aromatic heterocycles. The zero-order valence-corrected chi connectivity index (χ0v) is 6.58. The van der Waals surface area contributed by atoms with Gasteiger partial charge in [-0.15, -0.1) is 0 Å². The van der Waals surface area contributed by atoms with Crippen LogP contribution in [0.1, 0.15) is 19.8 Å². The Labute approximate surface area is 66.2 Å². The van der Waals surface area contributed by atoms with Crippen LogP contribution in [-0.4, -0.2) is 17.0 Å². The van der Waals surface area contributed by atoms with Crippen molar-refractivity contribution >= 4 is 5.78 Å². The second-order valence-corrected chi connectivity index (χ2v) is 2.63. The van der Waals surface area contributed by atoms with Crippen molar-refractivity contribution in [3.63, 3.8) is 0 Å². The van der Waals surface area contributed by atoms with Crippen LogP contribution < -0.4 is 0 Å². The Balaban J connectivity index is 2.64. The maximum absolute atomic E-state index is 11.0. The molecule has 60 valence electrons. The van der Waals surface area contributed by atoms with Crippen molar-refractivity contribution in [2.24, 2.45) is 0 Å². The van der Waals surface area contributed by atoms with Crippen LogP contribution in [0.2, 0.25) is 0 Å². The summed E-state index contributed by atoms with van der Waals surface area (Å²) in [5, 5.41) is 9.04. The normalized spacial score (nSPS) is 24.7. The maximum Gasteiger partial charge on any atom is 0.165 e. The zero-order chi connectivity index (χ0) is 8.27. The highest BCUT2D eigenvalue weighted by atomic mass is 16.3. The van der Waals surface area contributed by atoms with Crippen LogP contribution in [0.25, 0.3) is 0 Å². The van der Waals surface area contributed by atoms with Gasteiger partial charge in [-0.25, -0.2) is 0 Å². The topological polar surface area (TPSA) is 37.3 Å². The number of aliphatic hydroxyl groups excluding tert-OH is 1. The first-order valence-corrected chi connectivity index (χ1v) is 3.83. The van der Waals surface area contributed by atoms with Gasteiger partial charge in [0.1, 0.15) is 0 Å². The highest BCUT2D eigenvalue weighted by Gasteiger charge is 2.19. The van der Waals surface area contributed by atoms with E-state index < -0.39 is 6.10 Å². The van der Waals surface area contributed by atoms with E-state index in [0.29, 0.717) is 5.57 Å². The highest BCUT2D eigenvalue weighted by Crippen LogP contribution is 2.15. The first kappa shape index (κ1) is 8.21. The number of rotatable bonds is 2. The summed E-state index contributed by atoms with van der Waals surface area (Å²) in [4.78, 5) is 11.0. The van der Waals surface area contributed by atoms with E-state index in [9.17, 15) is 4.79 Å². The molecule has 1 N–H and O–H groups in total. The molecule has 1 unspecified atom stereocenters. The van der Waals surface area contributed by atoms with E-state index in [1.807, 2.05) is 13.0 Å². The summed E-state index contributed by atoms with van der Waals surface area (Å²) in [6.07, 6.45) is 5.91. The Morgan fingerprint density at radius 3 is 3.00 bits per heavy atom. The molecule has 0 bridgehead atoms. The van der Waals surface area contributed by atoms with Gasteiger partial charge < -0.3 is 5.11 Å². The third-order valence-corrected chi connectivity index (χ3v) is 1.62. The molecule has 1 aliphatic carbocycles. The SMILES string of the molecule is CC/C=C\C1=CC(O)CC1=O. The van der Waals surface area contributed by atoms with Crippen molar-refractivity contribution in [2.45, 2.75) is 25.9 Å². The number of ketones is 1. The van der Waals surface area contributed by atoms with E-state index in [1.165, 1.54) is 0 Å². The fourth-order valence-electron chi connectivity index (χ4n) is 1.06. The van der Waals surface area contributed by atoms with Crippen LogP contribution in [0.4, 0.5) is 0 Å². The van der Waals surface area contributed by atoms with E-state index >= 15 is 0 Å². The fraction of sp³-hybridized carbons (Fsp3) is 0.444. The summed E-state index contributed by atoms with van der Waals surface area (Å²) in [6, 6.07) is 0. The van der Waals surface area contributed by atoms with Crippen molar-refractivity contribution < 1.29 is 9.90 Å². The number of allylic oxidation sites excluding steroid dienone is 3. The molecule has 1 atom stereocenters. The minimum absolute atomic E-state index is 0.0437. The van der Waals surface area contributed by atoms with Gasteiger partial charge in [-0.2, -0.15) is 0 Å². The molecule has 1 rings (SSSR count). The average molecular weight is 152 g/mol. The Kier molecular flexibility index (Phi) is 2.60. The van der Waals surface area contributed by atoms with E-state index in [4.69, 9.17) is 5.11 Å². The molecular formula is C9H12O2. The van der Waals surface area contributed by atoms with Gasteiger partial charge in [0.05, 0.1) is 6.10 Å². The molecule has 0 aliphatic heterocycles. The molecule has 0 radical (unpaired) electrons. The van der Waals surface area contributed by atoms with Crippen molar-refractivity contribution in [1.82, 2.24) is 0 Å². The van der Waals surface area contributed by atoms with Crippen molar-refractivity contribution in [3.8, 4) is 0 Å². The van der Waals surface area contributed by atoms with Gasteiger partial charge in [0.15, 0.2) is 5.78 Å². The quantitative estimate of drug-likeness (QED) is 0.645. The average Bonchev–Trinajstić information content (AvgIpc) is 2.26. The summed E-state index contributed by atoms with van der Waals surface area (Å²) in [5.74, 6) is 0.0437. The predicted octanol–water partition coefficient (Wildman–Crippen LogP) is 1.21. The van der Waals surface area contributed by atoms with E-state index in [2.05, 4.69) is 0 Å². The third kappa shape index (κ3) is 2.02. The van der Waals surface area contributed by atoms with Gasteiger partial charge in [0, 0.05) is 12.0 Å². The highest BCUT2D eigenvalue weighted by molar-refractivity contribution is 6.00. The Bertz CT molecular complexity index is 214. The van der Waals surface area contributed by atoms with E-state index in [-0.39, 0.29) is 12.2 Å². The Morgan fingerprint density at radius 1 is 1.82 bits per heavy atom. The lowest BCUT2D eigenvalue weighted by Gasteiger charge is -1.89. The molecule has 0 saturated carbocycles. The Morgan fingerprint density at radius 2 is 2.55 bits per heavy atom. The monoisotopic (exact) mass is 152 g/mol. The summed E-state index contributed by atoms with van der Waals surface area (Å²) < 4.78 is 0. The van der Waals surface area contributed by atoms with Crippen LogP contribution in [-0.2, 0) is 4.79 Å². The van der Waals surface area contributed by atoms with Gasteiger partial charge >= 0.3 is 0 Å². The largest absolute Gasteiger partial charge is 0.389 e. The van der Waals surface area contributed by atoms with Gasteiger partial charge in [-0.1, -0.05) is 19.1 Å². The van der Waals surface area contributed by atoms with Crippen molar-refractivity contribution in [2.75, 3.05) is 0 Å². The van der Waals surface area contributed by atoms with E-state index in [0.717, 1.165) is 6.42 Å². The minimum atomic E-state index is -0.556. The third-order valence-electron chi connectivity index (χ3n) is 1.62. The number of hydrogen-bond donors (Lipinski definition) is 1. The standard InChI is InChI=1S/C9H12O2/c1-2-3-4-7-5-8(10)6-9(7)11/h3-5,8,10H,2,6H2,1H3/b4-3-. The molecule has 11 heavy (non-hydrogen) atoms. The van der Waals surface area contributed by atoms with Crippen LogP contribution in [0.3, 0.4) is 0 Å². The lowest BCUT2D eigenvalue weighted by molar-refractivity contribution is -0.115. The molecule has 0 spiro atoms. The van der Waals surface area contributed by atoms with E-state index in [1.54, 1.807) is 12.2 Å². The molecule has 0 aromatic rings. The molecule has 0 saturated heterocycles. The van der Waals surface area contributed by atoms with Crippen LogP contribution >= 0.6 is 0 Å². The van der Waals surface area contributed by atoms with Gasteiger partial charge in [-0.3, -0.25) is 4.79 Å². The van der Waals surface area contributed by atoms with Crippen molar-refractivity contribution in [1.29, 1.82) is 0 Å². The number of carbonyl (C=O) groups excluding carboxylic acids is 1. The van der Waals surface area contributed by atoms with Gasteiger partial charge in [0.2, 0.25) is 0 Å². The van der Waals surface area contributed by atoms with Crippen LogP contribution in [0.15, 0.2) is 23.8 Å². The summed E-state index contributed by atoms with van der Waals surface area (Å²) in [6.45, 7) is 2.01. The maximum atomic E-state index is 11.0. The first-order valence-electron chi connectivity index (χ1n) is 3.83. The molecule has 1 aliphatic rings. The summed E-state index contributed by atoms with van der Waals surface area (Å²) in [5.41, 5.74) is 0.652. The Hall–Kier alpha value is -0.890. The number of Topliss-reactive ketones (excluding diaryl/α,β-unsaturated/α-hetero) is 1. The van der Waals surface area contributed by atoms with Crippen LogP contribution in [0, 0.1) is 0 Å². The minimum Gasteiger partial charge on any atom is -0.389 e. The summed E-state index contributed by atoms with van der Waals surface area (Å²) in [7, 11) is 0. The lowest BCUT2D eigenvalue weighted by atomic mass is 10.2. The lowest BCUT2D eigenvalue weighted by Crippen LogP contribution is -2.00. The molecular weight excluding hydrogens is 140 g/mol. The molecule has 0 aromatic carbocycles. The fourth-order valence-corrected chi connectivity index (χ4v) is 1.06.